The molecule has 3 saturated heterocycles. The Hall–Kier alpha value is 0.154. The van der Waals surface area contributed by atoms with Gasteiger partial charge in [0.1, 0.15) is 6.10 Å². The minimum Gasteiger partial charge on any atom is -0.413 e. The summed E-state index contributed by atoms with van der Waals surface area (Å²) in [6.45, 7) is 29.2. The number of rotatable bonds is 13. The average Bonchev–Trinajstić information content (AvgIpc) is 2.90. The minimum atomic E-state index is -2.04. The van der Waals surface area contributed by atoms with E-state index in [9.17, 15) is 5.11 Å². The number of aliphatic hydroxyl groups excluding tert-OH is 1. The van der Waals surface area contributed by atoms with Gasteiger partial charge in [-0.25, -0.2) is 0 Å². The largest absolute Gasteiger partial charge is 0.413 e. The SMILES string of the molecule is CC(C)[Si](OC[C@H]1CCC[C@@]2(O1)O[C@@H](CO)CO[C@]21CCC[C@H](CO[Si](C(C)C)(C(C)C)C(C)C)O1)(C(C)C)C(C)C. The van der Waals surface area contributed by atoms with Gasteiger partial charge in [0.05, 0.1) is 38.6 Å². The van der Waals surface area contributed by atoms with Crippen molar-refractivity contribution in [2.24, 2.45) is 0 Å². The zero-order valence-electron chi connectivity index (χ0n) is 29.2. The van der Waals surface area contributed by atoms with Crippen LogP contribution in [-0.2, 0) is 27.8 Å². The van der Waals surface area contributed by atoms with Crippen LogP contribution in [0.3, 0.4) is 0 Å². The maximum atomic E-state index is 10.1. The van der Waals surface area contributed by atoms with E-state index in [1.54, 1.807) is 0 Å². The Kier molecular flexibility index (Phi) is 12.8. The molecule has 5 atom stereocenters. The van der Waals surface area contributed by atoms with Crippen molar-refractivity contribution in [2.75, 3.05) is 26.4 Å². The fraction of sp³-hybridized carbons (Fsp3) is 1.00. The molecule has 9 heteroatoms. The highest BCUT2D eigenvalue weighted by atomic mass is 28.4. The maximum Gasteiger partial charge on any atom is 0.224 e. The van der Waals surface area contributed by atoms with Crippen LogP contribution in [0.5, 0.6) is 0 Å². The van der Waals surface area contributed by atoms with Crippen LogP contribution in [0.25, 0.3) is 0 Å². The van der Waals surface area contributed by atoms with Crippen LogP contribution in [0.2, 0.25) is 33.2 Å². The summed E-state index contributed by atoms with van der Waals surface area (Å²) in [5, 5.41) is 10.1. The van der Waals surface area contributed by atoms with Gasteiger partial charge in [0.2, 0.25) is 11.6 Å². The number of hydrogen-bond acceptors (Lipinski definition) is 7. The van der Waals surface area contributed by atoms with E-state index in [-0.39, 0.29) is 18.8 Å². The van der Waals surface area contributed by atoms with E-state index in [4.69, 9.17) is 27.8 Å². The van der Waals surface area contributed by atoms with Gasteiger partial charge in [-0.2, -0.15) is 0 Å². The van der Waals surface area contributed by atoms with E-state index in [1.807, 2.05) is 0 Å². The second-order valence-corrected chi connectivity index (χ2v) is 26.2. The summed E-state index contributed by atoms with van der Waals surface area (Å²) in [6, 6.07) is 0. The molecule has 0 unspecified atom stereocenters. The highest BCUT2D eigenvalue weighted by Gasteiger charge is 2.63. The van der Waals surface area contributed by atoms with E-state index >= 15 is 0 Å². The van der Waals surface area contributed by atoms with Crippen molar-refractivity contribution in [1.82, 2.24) is 0 Å². The van der Waals surface area contributed by atoms with Crippen molar-refractivity contribution >= 4 is 16.6 Å². The molecule has 248 valence electrons. The molecule has 0 aromatic carbocycles. The van der Waals surface area contributed by atoms with Crippen LogP contribution in [0, 0.1) is 0 Å². The third-order valence-electron chi connectivity index (χ3n) is 10.9. The summed E-state index contributed by atoms with van der Waals surface area (Å²) in [6.07, 6.45) is 4.50. The summed E-state index contributed by atoms with van der Waals surface area (Å²) in [7, 11) is -4.08. The third-order valence-corrected chi connectivity index (χ3v) is 23.0. The molecule has 0 radical (unpaired) electrons. The van der Waals surface area contributed by atoms with Gasteiger partial charge in [-0.05, 0) is 58.9 Å². The molecule has 3 heterocycles. The van der Waals surface area contributed by atoms with Gasteiger partial charge < -0.3 is 32.9 Å². The first-order valence-corrected chi connectivity index (χ1v) is 21.5. The van der Waals surface area contributed by atoms with Crippen molar-refractivity contribution in [1.29, 1.82) is 0 Å². The summed E-state index contributed by atoms with van der Waals surface area (Å²) in [5.41, 5.74) is 3.07. The van der Waals surface area contributed by atoms with Crippen LogP contribution in [0.4, 0.5) is 0 Å². The first-order valence-electron chi connectivity index (χ1n) is 17.2. The lowest BCUT2D eigenvalue weighted by molar-refractivity contribution is -0.483. The Morgan fingerprint density at radius 1 is 0.595 bits per heavy atom. The van der Waals surface area contributed by atoms with Crippen LogP contribution in [-0.4, -0.2) is 78.1 Å². The predicted octanol–water partition coefficient (Wildman–Crippen LogP) is 8.31. The Morgan fingerprint density at radius 3 is 1.33 bits per heavy atom. The highest BCUT2D eigenvalue weighted by molar-refractivity contribution is 6.78. The second kappa shape index (κ2) is 14.7. The minimum absolute atomic E-state index is 0.0869. The molecule has 3 aliphatic heterocycles. The van der Waals surface area contributed by atoms with Gasteiger partial charge in [0, 0.05) is 12.8 Å². The molecule has 0 bridgehead atoms. The molecule has 3 aliphatic rings. The topological polar surface area (TPSA) is 75.6 Å². The Balaban J connectivity index is 1.84. The summed E-state index contributed by atoms with van der Waals surface area (Å²) in [5.74, 6) is -2.08. The number of fused-ring (bicyclic) bond motifs is 1. The van der Waals surface area contributed by atoms with Crippen molar-refractivity contribution in [3.8, 4) is 0 Å². The smallest absolute Gasteiger partial charge is 0.224 e. The third kappa shape index (κ3) is 6.94. The lowest BCUT2D eigenvalue weighted by atomic mass is 9.87. The summed E-state index contributed by atoms with van der Waals surface area (Å²) < 4.78 is 41.2. The molecule has 1 N–H and O–H groups in total. The Labute approximate surface area is 260 Å². The van der Waals surface area contributed by atoms with Gasteiger partial charge in [0.15, 0.2) is 16.6 Å². The zero-order chi connectivity index (χ0) is 31.5. The molecule has 3 rings (SSSR count). The zero-order valence-corrected chi connectivity index (χ0v) is 31.2. The molecule has 42 heavy (non-hydrogen) atoms. The number of hydrogen-bond donors (Lipinski definition) is 1. The summed E-state index contributed by atoms with van der Waals surface area (Å²) in [4.78, 5) is 0. The van der Waals surface area contributed by atoms with Crippen molar-refractivity contribution < 1.29 is 32.9 Å². The molecular formula is C33H66O7Si2. The first kappa shape index (κ1) is 36.6. The number of ether oxygens (including phenoxy) is 4. The first-order chi connectivity index (χ1) is 19.6. The van der Waals surface area contributed by atoms with E-state index in [0.29, 0.717) is 65.9 Å². The highest BCUT2D eigenvalue weighted by Crippen LogP contribution is 2.51. The number of aliphatic hydroxyl groups is 1. The average molecular weight is 631 g/mol. The molecule has 3 fully saturated rings. The molecule has 0 aliphatic carbocycles. The fourth-order valence-electron chi connectivity index (χ4n) is 9.18. The van der Waals surface area contributed by atoms with Gasteiger partial charge in [-0.1, -0.05) is 83.1 Å². The lowest BCUT2D eigenvalue weighted by Gasteiger charge is -2.58. The lowest BCUT2D eigenvalue weighted by Crippen LogP contribution is -2.70. The molecule has 0 aromatic heterocycles. The van der Waals surface area contributed by atoms with Gasteiger partial charge in [-0.15, -0.1) is 0 Å². The predicted molar refractivity (Wildman–Crippen MR) is 175 cm³/mol. The molecular weight excluding hydrogens is 565 g/mol. The maximum absolute atomic E-state index is 10.1. The fourth-order valence-corrected chi connectivity index (χ4v) is 20.1. The van der Waals surface area contributed by atoms with E-state index in [2.05, 4.69) is 83.1 Å². The van der Waals surface area contributed by atoms with Gasteiger partial charge in [-0.3, -0.25) is 0 Å². The van der Waals surface area contributed by atoms with E-state index < -0.39 is 34.3 Å². The molecule has 2 spiro atoms. The molecule has 0 amide bonds. The van der Waals surface area contributed by atoms with Crippen molar-refractivity contribution in [3.05, 3.63) is 0 Å². The second-order valence-electron chi connectivity index (χ2n) is 15.3. The molecule has 0 saturated carbocycles. The van der Waals surface area contributed by atoms with Crippen molar-refractivity contribution in [2.45, 2.75) is 185 Å². The monoisotopic (exact) mass is 630 g/mol. The quantitative estimate of drug-likeness (QED) is 0.205. The molecule has 7 nitrogen and oxygen atoms in total. The Bertz CT molecular complexity index is 792. The summed E-state index contributed by atoms with van der Waals surface area (Å²) >= 11 is 0. The standard InChI is InChI=1S/C33H66O7Si2/c1-23(2)41(24(3)4,25(5)6)36-21-29-15-13-17-32(38-29)33(40-31(19-34)20-35-32)18-14-16-30(39-33)22-37-42(26(7)8,27(9)10)28(11)12/h23-31,34H,13-22H2,1-12H3/t29-,30-,31+,32+,33-/m1/s1. The van der Waals surface area contributed by atoms with Crippen LogP contribution >= 0.6 is 0 Å². The van der Waals surface area contributed by atoms with Gasteiger partial charge >= 0.3 is 0 Å². The van der Waals surface area contributed by atoms with Crippen LogP contribution in [0.1, 0.15) is 122 Å². The van der Waals surface area contributed by atoms with Crippen molar-refractivity contribution in [3.63, 3.8) is 0 Å². The molecule has 0 aromatic rings. The van der Waals surface area contributed by atoms with E-state index in [1.165, 1.54) is 0 Å². The normalized spacial score (nSPS) is 31.6. The van der Waals surface area contributed by atoms with Crippen LogP contribution < -0.4 is 0 Å². The Morgan fingerprint density at radius 2 is 0.952 bits per heavy atom. The van der Waals surface area contributed by atoms with Crippen LogP contribution in [0.15, 0.2) is 0 Å². The van der Waals surface area contributed by atoms with Gasteiger partial charge in [0.25, 0.3) is 0 Å². The van der Waals surface area contributed by atoms with E-state index in [0.717, 1.165) is 25.7 Å².